The molecule has 0 saturated carbocycles. The molecular weight excluding hydrogens is 211 g/mol. The summed E-state index contributed by atoms with van der Waals surface area (Å²) < 4.78 is 16.8. The minimum atomic E-state index is -0.588. The molecule has 0 saturated heterocycles. The van der Waals surface area contributed by atoms with E-state index >= 15 is 0 Å². The first-order valence-corrected chi connectivity index (χ1v) is 4.93. The Hall–Kier alpha value is -1.78. The fourth-order valence-electron chi connectivity index (χ4n) is 1.18. The number of amidine groups is 1. The van der Waals surface area contributed by atoms with Crippen LogP contribution in [0.5, 0.6) is 11.5 Å². The van der Waals surface area contributed by atoms with Gasteiger partial charge in [0.15, 0.2) is 11.5 Å². The summed E-state index contributed by atoms with van der Waals surface area (Å²) in [4.78, 5) is 0. The maximum Gasteiger partial charge on any atom is 0.161 e. The summed E-state index contributed by atoms with van der Waals surface area (Å²) in [5.41, 5.74) is 0.830. The summed E-state index contributed by atoms with van der Waals surface area (Å²) >= 11 is 0. The fraction of sp³-hybridized carbons (Fsp3) is 0.364. The van der Waals surface area contributed by atoms with Gasteiger partial charge in [0, 0.05) is 6.54 Å². The van der Waals surface area contributed by atoms with Crippen molar-refractivity contribution in [1.82, 2.24) is 5.32 Å². The number of nitrogens with one attached hydrogen (secondary N) is 2. The average Bonchev–Trinajstić information content (AvgIpc) is 2.25. The number of alkyl halides is 1. The SMILES string of the molecule is CC(=N)NCc1ccc(OCCF)c(O)c1. The fourth-order valence-corrected chi connectivity index (χ4v) is 1.18. The lowest BCUT2D eigenvalue weighted by Gasteiger charge is -2.09. The van der Waals surface area contributed by atoms with E-state index in [1.807, 2.05) is 0 Å². The minimum Gasteiger partial charge on any atom is -0.504 e. The molecule has 0 atom stereocenters. The van der Waals surface area contributed by atoms with Crippen LogP contribution in [-0.2, 0) is 6.54 Å². The molecule has 1 rings (SSSR count). The molecule has 0 fully saturated rings. The van der Waals surface area contributed by atoms with Gasteiger partial charge >= 0.3 is 0 Å². The van der Waals surface area contributed by atoms with Gasteiger partial charge in [-0.2, -0.15) is 0 Å². The van der Waals surface area contributed by atoms with Crippen LogP contribution in [0.3, 0.4) is 0 Å². The average molecular weight is 226 g/mol. The van der Waals surface area contributed by atoms with Gasteiger partial charge in [-0.15, -0.1) is 0 Å². The minimum absolute atomic E-state index is 0.0182. The molecule has 0 aliphatic rings. The molecule has 1 aromatic rings. The second kappa shape index (κ2) is 5.95. The number of aromatic hydroxyl groups is 1. The lowest BCUT2D eigenvalue weighted by molar-refractivity contribution is 0.262. The van der Waals surface area contributed by atoms with Crippen LogP contribution in [0.4, 0.5) is 4.39 Å². The van der Waals surface area contributed by atoms with E-state index in [9.17, 15) is 9.50 Å². The van der Waals surface area contributed by atoms with Crippen molar-refractivity contribution in [3.63, 3.8) is 0 Å². The van der Waals surface area contributed by atoms with Crippen molar-refractivity contribution in [3.05, 3.63) is 23.8 Å². The Morgan fingerprint density at radius 1 is 1.56 bits per heavy atom. The highest BCUT2D eigenvalue weighted by Gasteiger charge is 2.03. The van der Waals surface area contributed by atoms with Gasteiger partial charge in [0.2, 0.25) is 0 Å². The Bertz CT molecular complexity index is 369. The maximum atomic E-state index is 11.9. The van der Waals surface area contributed by atoms with Gasteiger partial charge < -0.3 is 15.2 Å². The van der Waals surface area contributed by atoms with Crippen molar-refractivity contribution in [2.24, 2.45) is 0 Å². The predicted molar refractivity (Wildman–Crippen MR) is 59.8 cm³/mol. The summed E-state index contributed by atoms with van der Waals surface area (Å²) in [5.74, 6) is 0.612. The highest BCUT2D eigenvalue weighted by molar-refractivity contribution is 5.75. The van der Waals surface area contributed by atoms with Gasteiger partial charge in [0.05, 0.1) is 5.84 Å². The van der Waals surface area contributed by atoms with Crippen molar-refractivity contribution in [3.8, 4) is 11.5 Å². The second-order valence-electron chi connectivity index (χ2n) is 3.32. The number of hydrogen-bond acceptors (Lipinski definition) is 3. The molecule has 88 valence electrons. The molecule has 0 heterocycles. The Kier molecular flexibility index (Phi) is 4.57. The molecular formula is C11H15FN2O2. The first-order valence-electron chi connectivity index (χ1n) is 4.93. The third kappa shape index (κ3) is 3.76. The van der Waals surface area contributed by atoms with E-state index in [2.05, 4.69) is 5.32 Å². The van der Waals surface area contributed by atoms with Crippen molar-refractivity contribution in [2.75, 3.05) is 13.3 Å². The molecule has 16 heavy (non-hydrogen) atoms. The van der Waals surface area contributed by atoms with E-state index in [-0.39, 0.29) is 18.1 Å². The van der Waals surface area contributed by atoms with Crippen LogP contribution in [0.1, 0.15) is 12.5 Å². The molecule has 0 aliphatic carbocycles. The lowest BCUT2D eigenvalue weighted by atomic mass is 10.2. The quantitative estimate of drug-likeness (QED) is 0.530. The van der Waals surface area contributed by atoms with Crippen molar-refractivity contribution < 1.29 is 14.2 Å². The van der Waals surface area contributed by atoms with Gasteiger partial charge in [0.1, 0.15) is 13.3 Å². The van der Waals surface area contributed by atoms with Crippen molar-refractivity contribution in [1.29, 1.82) is 5.41 Å². The Morgan fingerprint density at radius 2 is 2.31 bits per heavy atom. The Balaban J connectivity index is 2.63. The molecule has 0 bridgehead atoms. The number of hydrogen-bond donors (Lipinski definition) is 3. The van der Waals surface area contributed by atoms with E-state index in [0.29, 0.717) is 12.4 Å². The molecule has 0 aromatic heterocycles. The monoisotopic (exact) mass is 226 g/mol. The van der Waals surface area contributed by atoms with Crippen LogP contribution in [0.25, 0.3) is 0 Å². The summed E-state index contributed by atoms with van der Waals surface area (Å²) in [6, 6.07) is 4.87. The van der Waals surface area contributed by atoms with Crippen LogP contribution in [0, 0.1) is 5.41 Å². The predicted octanol–water partition coefficient (Wildman–Crippen LogP) is 1.83. The van der Waals surface area contributed by atoms with Gasteiger partial charge in [-0.05, 0) is 24.6 Å². The van der Waals surface area contributed by atoms with Gasteiger partial charge in [-0.3, -0.25) is 5.41 Å². The standard InChI is InChI=1S/C11H15FN2O2/c1-8(13)14-7-9-2-3-11(10(15)6-9)16-5-4-12/h2-3,6,15H,4-5,7H2,1H3,(H2,13,14). The van der Waals surface area contributed by atoms with E-state index in [4.69, 9.17) is 10.1 Å². The molecule has 1 aromatic carbocycles. The number of benzene rings is 1. The smallest absolute Gasteiger partial charge is 0.161 e. The van der Waals surface area contributed by atoms with E-state index < -0.39 is 6.67 Å². The van der Waals surface area contributed by atoms with Gasteiger partial charge in [-0.1, -0.05) is 6.07 Å². The molecule has 0 unspecified atom stereocenters. The summed E-state index contributed by atoms with van der Waals surface area (Å²) in [6.07, 6.45) is 0. The molecule has 0 spiro atoms. The number of rotatable bonds is 5. The number of phenolic OH excluding ortho intramolecular Hbond substituents is 1. The van der Waals surface area contributed by atoms with Crippen molar-refractivity contribution >= 4 is 5.84 Å². The molecule has 0 aliphatic heterocycles. The van der Waals surface area contributed by atoms with E-state index in [1.54, 1.807) is 19.1 Å². The largest absolute Gasteiger partial charge is 0.504 e. The van der Waals surface area contributed by atoms with E-state index in [0.717, 1.165) is 5.56 Å². The number of phenols is 1. The second-order valence-corrected chi connectivity index (χ2v) is 3.32. The molecule has 4 nitrogen and oxygen atoms in total. The molecule has 5 heteroatoms. The Morgan fingerprint density at radius 3 is 2.88 bits per heavy atom. The van der Waals surface area contributed by atoms with Crippen LogP contribution >= 0.6 is 0 Å². The topological polar surface area (TPSA) is 65.3 Å². The van der Waals surface area contributed by atoms with E-state index in [1.165, 1.54) is 6.07 Å². The van der Waals surface area contributed by atoms with Crippen molar-refractivity contribution in [2.45, 2.75) is 13.5 Å². The highest BCUT2D eigenvalue weighted by Crippen LogP contribution is 2.26. The zero-order valence-corrected chi connectivity index (χ0v) is 9.09. The zero-order chi connectivity index (χ0) is 12.0. The number of ether oxygens (including phenoxy) is 1. The van der Waals surface area contributed by atoms with Gasteiger partial charge in [0.25, 0.3) is 0 Å². The summed E-state index contributed by atoms with van der Waals surface area (Å²) in [7, 11) is 0. The normalized spacial score (nSPS) is 9.88. The number of halogens is 1. The highest BCUT2D eigenvalue weighted by atomic mass is 19.1. The van der Waals surface area contributed by atoms with Gasteiger partial charge in [-0.25, -0.2) is 4.39 Å². The third-order valence-electron chi connectivity index (χ3n) is 1.92. The first kappa shape index (κ1) is 12.3. The maximum absolute atomic E-state index is 11.9. The van der Waals surface area contributed by atoms with Crippen LogP contribution in [-0.4, -0.2) is 24.2 Å². The van der Waals surface area contributed by atoms with Crippen LogP contribution < -0.4 is 10.1 Å². The summed E-state index contributed by atoms with van der Waals surface area (Å²) in [6.45, 7) is 1.45. The lowest BCUT2D eigenvalue weighted by Crippen LogP contribution is -2.18. The zero-order valence-electron chi connectivity index (χ0n) is 9.09. The molecule has 0 radical (unpaired) electrons. The Labute approximate surface area is 93.6 Å². The first-order chi connectivity index (χ1) is 7.63. The van der Waals surface area contributed by atoms with Crippen LogP contribution in [0.2, 0.25) is 0 Å². The molecule has 0 amide bonds. The summed E-state index contributed by atoms with van der Waals surface area (Å²) in [5, 5.41) is 19.6. The molecule has 3 N–H and O–H groups in total. The van der Waals surface area contributed by atoms with Crippen LogP contribution in [0.15, 0.2) is 18.2 Å². The third-order valence-corrected chi connectivity index (χ3v) is 1.92.